The third kappa shape index (κ3) is 5.81. The van der Waals surface area contributed by atoms with Crippen molar-refractivity contribution in [3.63, 3.8) is 0 Å². The van der Waals surface area contributed by atoms with Crippen molar-refractivity contribution < 1.29 is 27.5 Å². The van der Waals surface area contributed by atoms with E-state index in [0.717, 1.165) is 0 Å². The van der Waals surface area contributed by atoms with Gasteiger partial charge in [0.15, 0.2) is 6.61 Å². The molecule has 26 heavy (non-hydrogen) atoms. The number of carbonyl (C=O) groups excluding carboxylic acids is 3. The molecule has 0 heterocycles. The summed E-state index contributed by atoms with van der Waals surface area (Å²) in [4.78, 5) is 34.7. The van der Waals surface area contributed by atoms with Crippen molar-refractivity contribution in [3.05, 3.63) is 29.8 Å². The lowest BCUT2D eigenvalue weighted by atomic mass is 10.2. The van der Waals surface area contributed by atoms with Crippen LogP contribution >= 0.6 is 0 Å². The molecule has 0 aromatic heterocycles. The van der Waals surface area contributed by atoms with E-state index in [2.05, 4.69) is 5.32 Å². The Balaban J connectivity index is 2.80. The summed E-state index contributed by atoms with van der Waals surface area (Å²) in [5.74, 6) is -1.67. The molecule has 0 aliphatic heterocycles. The monoisotopic (exact) mass is 385 g/mol. The number of urea groups is 1. The highest BCUT2D eigenvalue weighted by atomic mass is 32.2. The number of ether oxygens (including phenoxy) is 1. The number of sulfonamides is 1. The second-order valence-corrected chi connectivity index (χ2v) is 7.62. The van der Waals surface area contributed by atoms with Gasteiger partial charge in [0, 0.05) is 19.6 Å². The summed E-state index contributed by atoms with van der Waals surface area (Å²) >= 11 is 0. The van der Waals surface area contributed by atoms with Crippen molar-refractivity contribution in [2.75, 3.05) is 20.2 Å². The van der Waals surface area contributed by atoms with Gasteiger partial charge in [-0.3, -0.25) is 10.1 Å². The molecule has 0 bridgehead atoms. The van der Waals surface area contributed by atoms with Gasteiger partial charge in [0.25, 0.3) is 5.91 Å². The van der Waals surface area contributed by atoms with Gasteiger partial charge in [-0.1, -0.05) is 6.07 Å². The number of amides is 3. The van der Waals surface area contributed by atoms with Gasteiger partial charge >= 0.3 is 12.0 Å². The van der Waals surface area contributed by atoms with E-state index in [1.807, 2.05) is 5.32 Å². The summed E-state index contributed by atoms with van der Waals surface area (Å²) in [6.07, 6.45) is 0. The Morgan fingerprint density at radius 1 is 1.23 bits per heavy atom. The molecule has 2 N–H and O–H groups in total. The van der Waals surface area contributed by atoms with Crippen LogP contribution in [0.3, 0.4) is 0 Å². The Hall–Kier alpha value is -2.46. The topological polar surface area (TPSA) is 122 Å². The molecule has 0 saturated carbocycles. The van der Waals surface area contributed by atoms with Crippen LogP contribution in [0.15, 0.2) is 29.2 Å². The van der Waals surface area contributed by atoms with Gasteiger partial charge in [-0.2, -0.15) is 4.31 Å². The van der Waals surface area contributed by atoms with Crippen molar-refractivity contribution in [1.82, 2.24) is 14.9 Å². The Bertz CT molecular complexity index is 776. The number of imide groups is 1. The number of nitrogens with one attached hydrogen (secondary N) is 2. The normalized spacial score (nSPS) is 11.3. The van der Waals surface area contributed by atoms with Crippen LogP contribution in [0.25, 0.3) is 0 Å². The predicted octanol–water partition coefficient (Wildman–Crippen LogP) is 0.718. The summed E-state index contributed by atoms with van der Waals surface area (Å²) < 4.78 is 30.9. The number of benzene rings is 1. The number of hydrogen-bond acceptors (Lipinski definition) is 6. The molecule has 0 spiro atoms. The lowest BCUT2D eigenvalue weighted by Gasteiger charge is -2.21. The highest BCUT2D eigenvalue weighted by Crippen LogP contribution is 2.18. The maximum atomic E-state index is 12.5. The van der Waals surface area contributed by atoms with Crippen molar-refractivity contribution in [3.8, 4) is 0 Å². The standard InChI is InChI=1S/C16H23N3O6S/c1-5-17-16(22)18-14(20)10-25-15(21)12-7-6-8-13(9-12)26(23,24)19(4)11(2)3/h6-9,11H,5,10H2,1-4H3,(H2,17,18,20,22). The molecule has 9 nitrogen and oxygen atoms in total. The van der Waals surface area contributed by atoms with E-state index in [1.54, 1.807) is 20.8 Å². The Morgan fingerprint density at radius 3 is 2.46 bits per heavy atom. The molecule has 0 aliphatic rings. The molecule has 0 saturated heterocycles. The molecule has 10 heteroatoms. The average Bonchev–Trinajstić information content (AvgIpc) is 2.59. The zero-order chi connectivity index (χ0) is 19.9. The summed E-state index contributed by atoms with van der Waals surface area (Å²) in [5, 5.41) is 4.34. The molecular formula is C16H23N3O6S. The number of rotatable bonds is 7. The lowest BCUT2D eigenvalue weighted by Crippen LogP contribution is -2.41. The number of hydrogen-bond donors (Lipinski definition) is 2. The van der Waals surface area contributed by atoms with E-state index in [1.165, 1.54) is 35.6 Å². The van der Waals surface area contributed by atoms with Gasteiger partial charge in [0.1, 0.15) is 0 Å². The highest BCUT2D eigenvalue weighted by Gasteiger charge is 2.24. The summed E-state index contributed by atoms with van der Waals surface area (Å²) in [5.41, 5.74) is -0.0194. The first kappa shape index (κ1) is 21.6. The van der Waals surface area contributed by atoms with Crippen LogP contribution < -0.4 is 10.6 Å². The van der Waals surface area contributed by atoms with Gasteiger partial charge in [-0.05, 0) is 39.0 Å². The molecule has 0 aliphatic carbocycles. The van der Waals surface area contributed by atoms with Crippen molar-refractivity contribution in [1.29, 1.82) is 0 Å². The molecule has 0 atom stereocenters. The molecule has 0 fully saturated rings. The van der Waals surface area contributed by atoms with Crippen molar-refractivity contribution in [2.45, 2.75) is 31.7 Å². The minimum absolute atomic E-state index is 0.0194. The second kappa shape index (κ2) is 9.30. The van der Waals surface area contributed by atoms with Gasteiger partial charge in [0.2, 0.25) is 10.0 Å². The van der Waals surface area contributed by atoms with Crippen LogP contribution in [0.4, 0.5) is 4.79 Å². The smallest absolute Gasteiger partial charge is 0.338 e. The number of esters is 1. The van der Waals surface area contributed by atoms with E-state index in [9.17, 15) is 22.8 Å². The lowest BCUT2D eigenvalue weighted by molar-refractivity contribution is -0.123. The quantitative estimate of drug-likeness (QED) is 0.667. The Labute approximate surface area is 152 Å². The van der Waals surface area contributed by atoms with E-state index in [0.29, 0.717) is 6.54 Å². The third-order valence-corrected chi connectivity index (χ3v) is 5.43. The second-order valence-electron chi connectivity index (χ2n) is 5.63. The number of carbonyl (C=O) groups is 3. The molecule has 144 valence electrons. The van der Waals surface area contributed by atoms with Crippen LogP contribution in [0.5, 0.6) is 0 Å². The van der Waals surface area contributed by atoms with Gasteiger partial charge in [-0.15, -0.1) is 0 Å². The van der Waals surface area contributed by atoms with Gasteiger partial charge in [0.05, 0.1) is 10.5 Å². The average molecular weight is 385 g/mol. The molecule has 0 unspecified atom stereocenters. The fourth-order valence-electron chi connectivity index (χ4n) is 1.81. The third-order valence-electron chi connectivity index (χ3n) is 3.40. The first-order chi connectivity index (χ1) is 12.1. The van der Waals surface area contributed by atoms with E-state index >= 15 is 0 Å². The molecule has 1 rings (SSSR count). The van der Waals surface area contributed by atoms with Crippen LogP contribution in [0, 0.1) is 0 Å². The minimum Gasteiger partial charge on any atom is -0.452 e. The van der Waals surface area contributed by atoms with Crippen LogP contribution in [-0.4, -0.2) is 56.9 Å². The first-order valence-corrected chi connectivity index (χ1v) is 9.36. The Kier molecular flexibility index (Phi) is 7.72. The molecule has 1 aromatic carbocycles. The molecule has 0 radical (unpaired) electrons. The van der Waals surface area contributed by atoms with Crippen LogP contribution in [-0.2, 0) is 19.6 Å². The van der Waals surface area contributed by atoms with Crippen LogP contribution in [0.2, 0.25) is 0 Å². The zero-order valence-corrected chi connectivity index (χ0v) is 15.9. The fourth-order valence-corrected chi connectivity index (χ4v) is 3.22. The zero-order valence-electron chi connectivity index (χ0n) is 15.1. The predicted molar refractivity (Wildman–Crippen MR) is 94.0 cm³/mol. The summed E-state index contributed by atoms with van der Waals surface area (Å²) in [6, 6.07) is 4.38. The van der Waals surface area contributed by atoms with Crippen molar-refractivity contribution >= 4 is 27.9 Å². The SMILES string of the molecule is CCNC(=O)NC(=O)COC(=O)c1cccc(S(=O)(=O)N(C)C(C)C)c1. The van der Waals surface area contributed by atoms with E-state index < -0.39 is 34.5 Å². The van der Waals surface area contributed by atoms with Gasteiger partial charge < -0.3 is 10.1 Å². The minimum atomic E-state index is -3.75. The Morgan fingerprint density at radius 2 is 1.88 bits per heavy atom. The van der Waals surface area contributed by atoms with E-state index in [-0.39, 0.29) is 16.5 Å². The fraction of sp³-hybridized carbons (Fsp3) is 0.438. The maximum Gasteiger partial charge on any atom is 0.338 e. The largest absolute Gasteiger partial charge is 0.452 e. The molecule has 3 amide bonds. The highest BCUT2D eigenvalue weighted by molar-refractivity contribution is 7.89. The molecular weight excluding hydrogens is 362 g/mol. The molecule has 1 aromatic rings. The van der Waals surface area contributed by atoms with Crippen molar-refractivity contribution in [2.24, 2.45) is 0 Å². The summed E-state index contributed by atoms with van der Waals surface area (Å²) in [6.45, 7) is 4.80. The van der Waals surface area contributed by atoms with Crippen LogP contribution in [0.1, 0.15) is 31.1 Å². The number of nitrogens with zero attached hydrogens (tertiary/aromatic N) is 1. The van der Waals surface area contributed by atoms with E-state index in [4.69, 9.17) is 4.74 Å². The first-order valence-electron chi connectivity index (χ1n) is 7.92. The van der Waals surface area contributed by atoms with Gasteiger partial charge in [-0.25, -0.2) is 18.0 Å². The summed E-state index contributed by atoms with van der Waals surface area (Å²) in [7, 11) is -2.31. The maximum absolute atomic E-state index is 12.5.